The van der Waals surface area contributed by atoms with E-state index in [9.17, 15) is 0 Å². The Morgan fingerprint density at radius 3 is 2.89 bits per heavy atom. The van der Waals surface area contributed by atoms with Crippen molar-refractivity contribution in [2.24, 2.45) is 0 Å². The van der Waals surface area contributed by atoms with Gasteiger partial charge in [0.2, 0.25) is 0 Å². The zero-order chi connectivity index (χ0) is 12.5. The number of anilines is 1. The van der Waals surface area contributed by atoms with Gasteiger partial charge < -0.3 is 5.32 Å². The molecule has 0 aromatic carbocycles. The van der Waals surface area contributed by atoms with Crippen LogP contribution in [0.2, 0.25) is 0 Å². The third-order valence-corrected chi connectivity index (χ3v) is 3.88. The van der Waals surface area contributed by atoms with Crippen LogP contribution in [0.25, 0.3) is 0 Å². The SMILES string of the molecule is CC1CC(Nc2ccc(C#N)cn2)CN1C1CC1. The predicted octanol–water partition coefficient (Wildman–Crippen LogP) is 1.99. The van der Waals surface area contributed by atoms with Gasteiger partial charge in [0.05, 0.1) is 5.56 Å². The zero-order valence-electron chi connectivity index (χ0n) is 10.6. The number of hydrogen-bond acceptors (Lipinski definition) is 4. The van der Waals surface area contributed by atoms with Crippen molar-refractivity contribution in [1.82, 2.24) is 9.88 Å². The van der Waals surface area contributed by atoms with E-state index >= 15 is 0 Å². The molecule has 1 aliphatic carbocycles. The number of aromatic nitrogens is 1. The first kappa shape index (κ1) is 11.5. The number of rotatable bonds is 3. The molecule has 18 heavy (non-hydrogen) atoms. The van der Waals surface area contributed by atoms with Crippen molar-refractivity contribution in [3.63, 3.8) is 0 Å². The summed E-state index contributed by atoms with van der Waals surface area (Å²) >= 11 is 0. The van der Waals surface area contributed by atoms with Crippen molar-refractivity contribution < 1.29 is 0 Å². The van der Waals surface area contributed by atoms with Gasteiger partial charge in [-0.15, -0.1) is 0 Å². The second-order valence-electron chi connectivity index (χ2n) is 5.40. The fourth-order valence-corrected chi connectivity index (χ4v) is 2.83. The number of pyridine rings is 1. The van der Waals surface area contributed by atoms with Crippen LogP contribution < -0.4 is 5.32 Å². The van der Waals surface area contributed by atoms with Crippen molar-refractivity contribution in [2.45, 2.75) is 44.3 Å². The van der Waals surface area contributed by atoms with Crippen LogP contribution in [0.4, 0.5) is 5.82 Å². The molecule has 4 heteroatoms. The Kier molecular flexibility index (Phi) is 2.92. The van der Waals surface area contributed by atoms with Gasteiger partial charge in [0, 0.05) is 30.9 Å². The molecule has 1 saturated heterocycles. The molecular weight excluding hydrogens is 224 g/mol. The van der Waals surface area contributed by atoms with Crippen LogP contribution in [0.15, 0.2) is 18.3 Å². The molecule has 1 aromatic rings. The van der Waals surface area contributed by atoms with Crippen molar-refractivity contribution in [3.8, 4) is 6.07 Å². The van der Waals surface area contributed by atoms with Gasteiger partial charge in [-0.05, 0) is 38.3 Å². The summed E-state index contributed by atoms with van der Waals surface area (Å²) in [5, 5.41) is 12.2. The van der Waals surface area contributed by atoms with Crippen LogP contribution >= 0.6 is 0 Å². The third kappa shape index (κ3) is 2.32. The van der Waals surface area contributed by atoms with Gasteiger partial charge in [-0.2, -0.15) is 5.26 Å². The quantitative estimate of drug-likeness (QED) is 0.880. The highest BCUT2D eigenvalue weighted by atomic mass is 15.3. The molecule has 2 aliphatic rings. The fraction of sp³-hybridized carbons (Fsp3) is 0.571. The molecule has 0 radical (unpaired) electrons. The number of nitrogens with one attached hydrogen (secondary N) is 1. The van der Waals surface area contributed by atoms with Crippen LogP contribution in [-0.4, -0.2) is 34.6 Å². The van der Waals surface area contributed by atoms with Gasteiger partial charge in [0.1, 0.15) is 11.9 Å². The lowest BCUT2D eigenvalue weighted by Crippen LogP contribution is -2.31. The molecule has 2 atom stereocenters. The molecule has 1 saturated carbocycles. The molecular formula is C14H18N4. The van der Waals surface area contributed by atoms with Crippen LogP contribution in [0.3, 0.4) is 0 Å². The van der Waals surface area contributed by atoms with Gasteiger partial charge in [0.15, 0.2) is 0 Å². The molecule has 2 unspecified atom stereocenters. The molecule has 3 rings (SSSR count). The lowest BCUT2D eigenvalue weighted by atomic mass is 10.2. The Morgan fingerprint density at radius 1 is 1.44 bits per heavy atom. The van der Waals surface area contributed by atoms with Crippen molar-refractivity contribution >= 4 is 5.82 Å². The van der Waals surface area contributed by atoms with Gasteiger partial charge in [-0.25, -0.2) is 4.98 Å². The highest BCUT2D eigenvalue weighted by molar-refractivity contribution is 5.40. The molecule has 2 heterocycles. The maximum atomic E-state index is 8.73. The summed E-state index contributed by atoms with van der Waals surface area (Å²) in [6, 6.07) is 7.79. The smallest absolute Gasteiger partial charge is 0.126 e. The first-order valence-electron chi connectivity index (χ1n) is 6.64. The van der Waals surface area contributed by atoms with Crippen molar-refractivity contribution in [2.75, 3.05) is 11.9 Å². The van der Waals surface area contributed by atoms with Crippen LogP contribution in [0, 0.1) is 11.3 Å². The highest BCUT2D eigenvalue weighted by Gasteiger charge is 2.38. The van der Waals surface area contributed by atoms with Gasteiger partial charge in [-0.3, -0.25) is 4.90 Å². The maximum absolute atomic E-state index is 8.73. The number of nitriles is 1. The second kappa shape index (κ2) is 4.58. The van der Waals surface area contributed by atoms with Gasteiger partial charge in [-0.1, -0.05) is 0 Å². The Hall–Kier alpha value is -1.60. The van der Waals surface area contributed by atoms with Gasteiger partial charge in [0.25, 0.3) is 0 Å². The molecule has 0 amide bonds. The average Bonchev–Trinajstić information content (AvgIpc) is 3.15. The molecule has 1 N–H and O–H groups in total. The van der Waals surface area contributed by atoms with Crippen molar-refractivity contribution in [1.29, 1.82) is 5.26 Å². The fourth-order valence-electron chi connectivity index (χ4n) is 2.83. The summed E-state index contributed by atoms with van der Waals surface area (Å²) in [7, 11) is 0. The lowest BCUT2D eigenvalue weighted by molar-refractivity contribution is 0.257. The summed E-state index contributed by atoms with van der Waals surface area (Å²) in [4.78, 5) is 6.88. The number of hydrogen-bond donors (Lipinski definition) is 1. The average molecular weight is 242 g/mol. The predicted molar refractivity (Wildman–Crippen MR) is 70.2 cm³/mol. The summed E-state index contributed by atoms with van der Waals surface area (Å²) in [6.07, 6.45) is 5.54. The Morgan fingerprint density at radius 2 is 2.28 bits per heavy atom. The summed E-state index contributed by atoms with van der Waals surface area (Å²) in [5.41, 5.74) is 0.611. The first-order valence-corrected chi connectivity index (χ1v) is 6.64. The Labute approximate surface area is 108 Å². The molecule has 0 spiro atoms. The highest BCUT2D eigenvalue weighted by Crippen LogP contribution is 2.33. The monoisotopic (exact) mass is 242 g/mol. The minimum atomic E-state index is 0.487. The standard InChI is InChI=1S/C14H18N4/c1-10-6-12(9-18(10)13-3-4-13)17-14-5-2-11(7-15)8-16-14/h2,5,8,10,12-13H,3-4,6,9H2,1H3,(H,16,17). The first-order chi connectivity index (χ1) is 8.76. The molecule has 94 valence electrons. The van der Waals surface area contributed by atoms with E-state index in [0.29, 0.717) is 17.6 Å². The molecule has 1 aliphatic heterocycles. The minimum absolute atomic E-state index is 0.487. The van der Waals surface area contributed by atoms with Gasteiger partial charge >= 0.3 is 0 Å². The van der Waals surface area contributed by atoms with E-state index in [1.807, 2.05) is 12.1 Å². The molecule has 4 nitrogen and oxygen atoms in total. The maximum Gasteiger partial charge on any atom is 0.126 e. The van der Waals surface area contributed by atoms with E-state index in [-0.39, 0.29) is 0 Å². The van der Waals surface area contributed by atoms with Crippen LogP contribution in [0.1, 0.15) is 31.7 Å². The van der Waals surface area contributed by atoms with E-state index in [1.165, 1.54) is 19.3 Å². The molecule has 1 aromatic heterocycles. The van der Waals surface area contributed by atoms with E-state index in [1.54, 1.807) is 6.20 Å². The zero-order valence-corrected chi connectivity index (χ0v) is 10.6. The van der Waals surface area contributed by atoms with E-state index in [2.05, 4.69) is 28.2 Å². The van der Waals surface area contributed by atoms with E-state index in [0.717, 1.165) is 18.4 Å². The Bertz CT molecular complexity index is 458. The summed E-state index contributed by atoms with van der Waals surface area (Å²) in [6.45, 7) is 3.43. The number of likely N-dealkylation sites (tertiary alicyclic amines) is 1. The molecule has 0 bridgehead atoms. The normalized spacial score (nSPS) is 28.0. The van der Waals surface area contributed by atoms with Crippen LogP contribution in [0.5, 0.6) is 0 Å². The topological polar surface area (TPSA) is 52.0 Å². The van der Waals surface area contributed by atoms with E-state index in [4.69, 9.17) is 5.26 Å². The lowest BCUT2D eigenvalue weighted by Gasteiger charge is -2.19. The number of nitrogens with zero attached hydrogens (tertiary/aromatic N) is 3. The summed E-state index contributed by atoms with van der Waals surface area (Å²) < 4.78 is 0. The largest absolute Gasteiger partial charge is 0.366 e. The van der Waals surface area contributed by atoms with E-state index < -0.39 is 0 Å². The molecule has 2 fully saturated rings. The third-order valence-electron chi connectivity index (χ3n) is 3.88. The van der Waals surface area contributed by atoms with Crippen LogP contribution in [-0.2, 0) is 0 Å². The Balaban J connectivity index is 1.61. The second-order valence-corrected chi connectivity index (χ2v) is 5.40. The van der Waals surface area contributed by atoms with Crippen molar-refractivity contribution in [3.05, 3.63) is 23.9 Å². The minimum Gasteiger partial charge on any atom is -0.366 e. The summed E-state index contributed by atoms with van der Waals surface area (Å²) in [5.74, 6) is 0.879.